The van der Waals surface area contributed by atoms with Crippen molar-refractivity contribution in [1.82, 2.24) is 0 Å². The fourth-order valence-electron chi connectivity index (χ4n) is 10.5. The third-order valence-electron chi connectivity index (χ3n) is 13.9. The number of quaternary nitrogens is 1. The molecule has 16 nitrogen and oxygen atoms in total. The molecule has 1 aliphatic carbocycles. The van der Waals surface area contributed by atoms with Gasteiger partial charge in [0.2, 0.25) is 11.5 Å². The number of guanidine groups is 4. The van der Waals surface area contributed by atoms with Crippen LogP contribution in [0.4, 0.5) is 0 Å². The summed E-state index contributed by atoms with van der Waals surface area (Å²) < 4.78 is 2.62. The molecule has 66 heavy (non-hydrogen) atoms. The zero-order chi connectivity index (χ0) is 47.6. The Morgan fingerprint density at radius 1 is 0.636 bits per heavy atom. The Morgan fingerprint density at radius 3 is 1.53 bits per heavy atom. The Balaban J connectivity index is 1.64. The van der Waals surface area contributed by atoms with Crippen molar-refractivity contribution in [3.8, 4) is 11.5 Å². The molecular formula is C50H84N14O2+2. The normalized spacial score (nSPS) is 20.2. The van der Waals surface area contributed by atoms with Gasteiger partial charge in [0.1, 0.15) is 6.54 Å². The van der Waals surface area contributed by atoms with E-state index in [4.69, 9.17) is 55.5 Å². The highest BCUT2D eigenvalue weighted by molar-refractivity contribution is 5.82. The van der Waals surface area contributed by atoms with Crippen molar-refractivity contribution in [1.29, 1.82) is 0 Å². The zero-order valence-corrected chi connectivity index (χ0v) is 40.6. The van der Waals surface area contributed by atoms with Gasteiger partial charge >= 0.3 is 0 Å². The number of rotatable bonds is 22. The highest BCUT2D eigenvalue weighted by Crippen LogP contribution is 2.44. The van der Waals surface area contributed by atoms with Gasteiger partial charge in [0.25, 0.3) is 0 Å². The molecule has 2 aromatic carbocycles. The molecule has 16 N–H and O–H groups in total. The molecule has 4 atom stereocenters. The first-order valence-electron chi connectivity index (χ1n) is 24.9. The minimum absolute atomic E-state index is 0.0487. The molecule has 1 fully saturated rings. The van der Waals surface area contributed by atoms with E-state index in [1.165, 1.54) is 36.8 Å². The quantitative estimate of drug-likeness (QED) is 0.0241. The lowest BCUT2D eigenvalue weighted by molar-refractivity contribution is -1.22. The minimum atomic E-state index is 0.0487. The largest absolute Gasteiger partial charge is 0.370 e. The highest BCUT2D eigenvalue weighted by Gasteiger charge is 2.49. The summed E-state index contributed by atoms with van der Waals surface area (Å²) in [5.74, 6) is 3.23. The lowest BCUT2D eigenvalue weighted by Gasteiger charge is -2.42. The monoisotopic (exact) mass is 913 g/mol. The average molecular weight is 913 g/mol. The van der Waals surface area contributed by atoms with E-state index in [0.717, 1.165) is 117 Å². The van der Waals surface area contributed by atoms with Crippen molar-refractivity contribution in [2.75, 3.05) is 39.3 Å². The van der Waals surface area contributed by atoms with E-state index in [0.29, 0.717) is 44.7 Å². The molecule has 0 radical (unpaired) electrons. The molecule has 1 saturated carbocycles. The second kappa shape index (κ2) is 25.4. The van der Waals surface area contributed by atoms with Crippen LogP contribution in [0.3, 0.4) is 0 Å². The van der Waals surface area contributed by atoms with Crippen LogP contribution in [0.5, 0.6) is 11.5 Å². The van der Waals surface area contributed by atoms with Gasteiger partial charge in [-0.1, -0.05) is 44.6 Å². The number of hydroxylamine groups is 4. The third-order valence-corrected chi connectivity index (χ3v) is 13.9. The van der Waals surface area contributed by atoms with E-state index < -0.39 is 0 Å². The second-order valence-corrected chi connectivity index (χ2v) is 18.4. The van der Waals surface area contributed by atoms with E-state index >= 15 is 0 Å². The first-order valence-corrected chi connectivity index (χ1v) is 24.9. The number of aryl methyl sites for hydroxylation is 2. The number of fused-ring (bicyclic) bond motifs is 4. The van der Waals surface area contributed by atoms with Gasteiger partial charge in [-0.15, -0.1) is 0 Å². The molecule has 0 aromatic heterocycles. The number of nitrogens with zero attached hydrogens (tertiary/aromatic N) is 6. The van der Waals surface area contributed by atoms with Gasteiger partial charge < -0.3 is 45.9 Å². The van der Waals surface area contributed by atoms with Gasteiger partial charge in [-0.25, -0.2) is 4.58 Å². The van der Waals surface area contributed by atoms with Gasteiger partial charge in [-0.2, -0.15) is 0 Å². The number of hydrogen-bond acceptors (Lipinski definition) is 6. The Morgan fingerprint density at radius 2 is 1.09 bits per heavy atom. The van der Waals surface area contributed by atoms with Crippen molar-refractivity contribution in [2.45, 2.75) is 154 Å². The molecule has 0 bridgehead atoms. The molecule has 0 saturated heterocycles. The topological polar surface area (TPSA) is 279 Å². The summed E-state index contributed by atoms with van der Waals surface area (Å²) in [4.78, 5) is 32.5. The van der Waals surface area contributed by atoms with Crippen molar-refractivity contribution >= 4 is 36.1 Å². The highest BCUT2D eigenvalue weighted by atomic mass is 17.0. The van der Waals surface area contributed by atoms with E-state index in [-0.39, 0.29) is 46.5 Å². The fourth-order valence-corrected chi connectivity index (χ4v) is 10.5. The second-order valence-electron chi connectivity index (χ2n) is 18.4. The van der Waals surface area contributed by atoms with Gasteiger partial charge in [-0.05, 0) is 126 Å². The summed E-state index contributed by atoms with van der Waals surface area (Å²) in [7, 11) is 0. The fraction of sp³-hybridized carbons (Fsp3) is 0.620. The van der Waals surface area contributed by atoms with E-state index in [2.05, 4.69) is 94.9 Å². The van der Waals surface area contributed by atoms with Gasteiger partial charge in [0.05, 0.1) is 5.56 Å². The first kappa shape index (κ1) is 51.5. The molecule has 3 aliphatic rings. The molecule has 4 unspecified atom stereocenters. The summed E-state index contributed by atoms with van der Waals surface area (Å²) >= 11 is 0. The maximum atomic E-state index is 7.70. The third kappa shape index (κ3) is 14.2. The minimum Gasteiger partial charge on any atom is -0.370 e. The number of nitrogens with two attached hydrogens (primary N) is 8. The Labute approximate surface area is 394 Å². The number of hydrogen-bond donors (Lipinski definition) is 8. The molecule has 5 rings (SSSR count). The number of aliphatic imine (C=N–C) groups is 4. The standard InChI is InChI=1S/C50H84N14O2/c1-5-34-28-40(36(18-12-24-59-47(51)52)19-13-25-60-48(53)54)30-39-17-11-22-43-32-38-16-9-10-23-44(38)63(7-3)33-42-31-41(29-35(6-2)46(42)66-64(43,8-4)65-45(34)39)37(20-14-26-61-49(55)56)21-15-27-62-50(57)58/h11,17,28-31,33,36-38,43-44H,5-10,12-16,18-27,32H2,1-4H3,(H4,51,52,59)(H4,53,54,60)(H4,55,56,61)(H4,57,58,62)/q+2. The average Bonchev–Trinajstić information content (AvgIpc) is 3.28. The SMILES string of the molecule is CCc1cc(C(CCCN=C(N)N)CCCN=C(N)N)cc2c1O[N+]1(CC)Oc3c(cc(C(CCCN=C(N)N)CCCN=C(N)N)cc3CC)C=[N+](CC)C3CCCCC3CC1CC=C2. The summed E-state index contributed by atoms with van der Waals surface area (Å²) in [6.07, 6.45) is 22.4. The zero-order valence-electron chi connectivity index (χ0n) is 40.6. The maximum absolute atomic E-state index is 7.70. The molecule has 0 spiro atoms. The van der Waals surface area contributed by atoms with E-state index in [1.54, 1.807) is 0 Å². The van der Waals surface area contributed by atoms with Crippen molar-refractivity contribution in [2.24, 2.45) is 71.8 Å². The van der Waals surface area contributed by atoms with Crippen molar-refractivity contribution < 1.29 is 19.1 Å². The first-order chi connectivity index (χ1) is 31.8. The molecule has 2 heterocycles. The lowest BCUT2D eigenvalue weighted by Crippen LogP contribution is -2.62. The summed E-state index contributed by atoms with van der Waals surface area (Å²) in [6, 6.07) is 9.90. The smallest absolute Gasteiger partial charge is 0.212 e. The van der Waals surface area contributed by atoms with Gasteiger partial charge in [0.15, 0.2) is 48.7 Å². The van der Waals surface area contributed by atoms with Crippen molar-refractivity contribution in [3.63, 3.8) is 0 Å². The molecule has 0 amide bonds. The summed E-state index contributed by atoms with van der Waals surface area (Å²) in [5, 5.41) is 0. The molecule has 2 aliphatic heterocycles. The van der Waals surface area contributed by atoms with Gasteiger partial charge in [-0.3, -0.25) is 29.6 Å². The van der Waals surface area contributed by atoms with Crippen LogP contribution >= 0.6 is 0 Å². The van der Waals surface area contributed by atoms with Crippen LogP contribution in [-0.2, 0) is 12.8 Å². The predicted octanol–water partition coefficient (Wildman–Crippen LogP) is 5.52. The van der Waals surface area contributed by atoms with E-state index in [9.17, 15) is 0 Å². The molecule has 364 valence electrons. The van der Waals surface area contributed by atoms with Crippen LogP contribution < -0.4 is 55.5 Å². The van der Waals surface area contributed by atoms with Crippen LogP contribution in [0.15, 0.2) is 50.3 Å². The summed E-state index contributed by atoms with van der Waals surface area (Å²) in [6.45, 7) is 12.8. The van der Waals surface area contributed by atoms with Crippen LogP contribution in [0.2, 0.25) is 0 Å². The Hall–Kier alpha value is -5.51. The van der Waals surface area contributed by atoms with E-state index in [1.807, 2.05) is 0 Å². The Bertz CT molecular complexity index is 2010. The number of benzene rings is 2. The van der Waals surface area contributed by atoms with Crippen molar-refractivity contribution in [3.05, 3.63) is 63.7 Å². The van der Waals surface area contributed by atoms with Crippen LogP contribution in [-0.4, -0.2) is 90.8 Å². The molecule has 16 heteroatoms. The van der Waals surface area contributed by atoms with Gasteiger partial charge in [0, 0.05) is 72.9 Å². The van der Waals surface area contributed by atoms with Crippen LogP contribution in [0, 0.1) is 5.92 Å². The Kier molecular flexibility index (Phi) is 19.8. The molecule has 2 aromatic rings. The van der Waals surface area contributed by atoms with Crippen LogP contribution in [0.1, 0.15) is 163 Å². The van der Waals surface area contributed by atoms with Crippen LogP contribution in [0.25, 0.3) is 6.08 Å². The molecular weight excluding hydrogens is 829 g/mol. The summed E-state index contributed by atoms with van der Waals surface area (Å²) in [5.41, 5.74) is 52.7. The lowest BCUT2D eigenvalue weighted by atomic mass is 9.79. The maximum Gasteiger partial charge on any atom is 0.212 e. The predicted molar refractivity (Wildman–Crippen MR) is 273 cm³/mol.